The third-order valence-corrected chi connectivity index (χ3v) is 6.53. The van der Waals surface area contributed by atoms with Gasteiger partial charge in [0.05, 0.1) is 10.2 Å². The van der Waals surface area contributed by atoms with Crippen molar-refractivity contribution in [1.82, 2.24) is 19.7 Å². The van der Waals surface area contributed by atoms with E-state index in [4.69, 9.17) is 4.98 Å². The van der Waals surface area contributed by atoms with Crippen LogP contribution in [-0.4, -0.2) is 51.8 Å². The summed E-state index contributed by atoms with van der Waals surface area (Å²) in [5.41, 5.74) is 3.92. The number of rotatable bonds is 8. The molecular weight excluding hydrogens is 418 g/mol. The van der Waals surface area contributed by atoms with E-state index in [0.717, 1.165) is 40.5 Å². The first-order valence-electron chi connectivity index (χ1n) is 10.3. The number of halogens is 1. The Kier molecular flexibility index (Phi) is 8.41. The average Bonchev–Trinajstić information content (AvgIpc) is 3.36. The number of carbonyl (C=O) groups excluding carboxylic acids is 1. The number of nitrogens with zero attached hydrogens (tertiary/aromatic N) is 5. The minimum Gasteiger partial charge on any atom is -0.302 e. The van der Waals surface area contributed by atoms with Crippen LogP contribution in [0.25, 0.3) is 10.2 Å². The van der Waals surface area contributed by atoms with E-state index in [1.54, 1.807) is 28.3 Å². The number of anilines is 1. The van der Waals surface area contributed by atoms with Crippen LogP contribution >= 0.6 is 23.7 Å². The van der Waals surface area contributed by atoms with Gasteiger partial charge in [0.1, 0.15) is 5.69 Å². The monoisotopic (exact) mass is 449 g/mol. The Morgan fingerprint density at radius 2 is 1.77 bits per heavy atom. The number of aryl methyl sites for hydroxylation is 2. The molecule has 3 aromatic rings. The van der Waals surface area contributed by atoms with Crippen molar-refractivity contribution >= 4 is 45.0 Å². The van der Waals surface area contributed by atoms with Crippen LogP contribution in [0.1, 0.15) is 55.4 Å². The summed E-state index contributed by atoms with van der Waals surface area (Å²) in [6.45, 7) is 15.9. The van der Waals surface area contributed by atoms with Gasteiger partial charge < -0.3 is 4.90 Å². The molecule has 0 radical (unpaired) electrons. The van der Waals surface area contributed by atoms with E-state index in [9.17, 15) is 4.79 Å². The lowest BCUT2D eigenvalue weighted by molar-refractivity contribution is 0.0971. The molecule has 0 bridgehead atoms. The number of aromatic nitrogens is 3. The predicted octanol–water partition coefficient (Wildman–Crippen LogP) is 5.10. The number of hydrogen-bond donors (Lipinski definition) is 0. The number of thiazole rings is 1. The number of fused-ring (bicyclic) bond motifs is 1. The highest BCUT2D eigenvalue weighted by Crippen LogP contribution is 2.33. The Labute approximate surface area is 189 Å². The van der Waals surface area contributed by atoms with Crippen LogP contribution in [0.4, 0.5) is 5.13 Å². The highest BCUT2D eigenvalue weighted by Gasteiger charge is 2.25. The van der Waals surface area contributed by atoms with Crippen molar-refractivity contribution in [1.29, 1.82) is 0 Å². The SMILES string of the molecule is CCN(CC)CCN(C(=O)c1ccnn1C(C)C)c1nc2c(C)ccc(C)c2s1.Cl. The van der Waals surface area contributed by atoms with Crippen LogP contribution in [0.3, 0.4) is 0 Å². The molecule has 0 N–H and O–H groups in total. The zero-order chi connectivity index (χ0) is 21.1. The van der Waals surface area contributed by atoms with Crippen molar-refractivity contribution in [3.63, 3.8) is 0 Å². The Morgan fingerprint density at radius 3 is 2.37 bits per heavy atom. The Bertz CT molecular complexity index is 954. The summed E-state index contributed by atoms with van der Waals surface area (Å²) in [6, 6.07) is 6.14. The van der Waals surface area contributed by atoms with Crippen LogP contribution in [0.15, 0.2) is 24.4 Å². The van der Waals surface area contributed by atoms with Gasteiger partial charge in [0, 0.05) is 25.3 Å². The molecule has 0 aliphatic carbocycles. The van der Waals surface area contributed by atoms with Crippen LogP contribution in [0.5, 0.6) is 0 Å². The maximum atomic E-state index is 13.6. The second kappa shape index (κ2) is 10.4. The van der Waals surface area contributed by atoms with Crippen molar-refractivity contribution < 1.29 is 4.79 Å². The first kappa shape index (κ1) is 24.3. The topological polar surface area (TPSA) is 54.3 Å². The van der Waals surface area contributed by atoms with E-state index < -0.39 is 0 Å². The molecule has 1 aromatic carbocycles. The molecule has 8 heteroatoms. The fourth-order valence-corrected chi connectivity index (χ4v) is 4.60. The first-order valence-corrected chi connectivity index (χ1v) is 11.1. The van der Waals surface area contributed by atoms with Gasteiger partial charge in [0.2, 0.25) is 0 Å². The third-order valence-electron chi connectivity index (χ3n) is 5.32. The number of amides is 1. The normalized spacial score (nSPS) is 11.3. The van der Waals surface area contributed by atoms with Crippen molar-refractivity contribution in [2.45, 2.75) is 47.6 Å². The highest BCUT2D eigenvalue weighted by atomic mass is 35.5. The zero-order valence-electron chi connectivity index (χ0n) is 18.7. The molecule has 0 aliphatic rings. The molecular formula is C22H32ClN5OS. The summed E-state index contributed by atoms with van der Waals surface area (Å²) in [7, 11) is 0. The molecule has 0 aliphatic heterocycles. The summed E-state index contributed by atoms with van der Waals surface area (Å²) >= 11 is 1.60. The Morgan fingerprint density at radius 1 is 1.10 bits per heavy atom. The largest absolute Gasteiger partial charge is 0.302 e. The van der Waals surface area contributed by atoms with E-state index in [0.29, 0.717) is 12.2 Å². The maximum absolute atomic E-state index is 13.6. The lowest BCUT2D eigenvalue weighted by atomic mass is 10.1. The van der Waals surface area contributed by atoms with Gasteiger partial charge in [-0.3, -0.25) is 14.4 Å². The van der Waals surface area contributed by atoms with Gasteiger partial charge in [-0.05, 0) is 58.0 Å². The maximum Gasteiger partial charge on any atom is 0.278 e. The molecule has 0 saturated heterocycles. The fraction of sp³-hybridized carbons (Fsp3) is 0.500. The highest BCUT2D eigenvalue weighted by molar-refractivity contribution is 7.22. The van der Waals surface area contributed by atoms with Crippen LogP contribution in [0, 0.1) is 13.8 Å². The second-order valence-electron chi connectivity index (χ2n) is 7.61. The van der Waals surface area contributed by atoms with Gasteiger partial charge >= 0.3 is 0 Å². The minimum absolute atomic E-state index is 0. The summed E-state index contributed by atoms with van der Waals surface area (Å²) in [5, 5.41) is 5.11. The molecule has 0 unspecified atom stereocenters. The summed E-state index contributed by atoms with van der Waals surface area (Å²) in [6.07, 6.45) is 1.70. The number of likely N-dealkylation sites (N-methyl/N-ethyl adjacent to an activating group) is 1. The van der Waals surface area contributed by atoms with Gasteiger partial charge in [0.25, 0.3) is 5.91 Å². The van der Waals surface area contributed by atoms with Gasteiger partial charge in [-0.2, -0.15) is 5.10 Å². The quantitative estimate of drug-likeness (QED) is 0.480. The van der Waals surface area contributed by atoms with Crippen molar-refractivity contribution in [3.8, 4) is 0 Å². The van der Waals surface area contributed by atoms with Crippen molar-refractivity contribution in [3.05, 3.63) is 41.2 Å². The smallest absolute Gasteiger partial charge is 0.278 e. The van der Waals surface area contributed by atoms with Crippen molar-refractivity contribution in [2.24, 2.45) is 0 Å². The molecule has 2 aromatic heterocycles. The van der Waals surface area contributed by atoms with E-state index in [2.05, 4.69) is 49.8 Å². The molecule has 0 spiro atoms. The average molecular weight is 450 g/mol. The summed E-state index contributed by atoms with van der Waals surface area (Å²) in [4.78, 5) is 22.6. The number of hydrogen-bond acceptors (Lipinski definition) is 5. The first-order chi connectivity index (χ1) is 13.9. The van der Waals surface area contributed by atoms with Gasteiger partial charge in [-0.15, -0.1) is 12.4 Å². The van der Waals surface area contributed by atoms with Crippen molar-refractivity contribution in [2.75, 3.05) is 31.1 Å². The van der Waals surface area contributed by atoms with E-state index in [1.807, 2.05) is 18.7 Å². The van der Waals surface area contributed by atoms with E-state index >= 15 is 0 Å². The molecule has 0 saturated carbocycles. The van der Waals surface area contributed by atoms with Gasteiger partial charge in [-0.25, -0.2) is 4.98 Å². The summed E-state index contributed by atoms with van der Waals surface area (Å²) < 4.78 is 2.94. The minimum atomic E-state index is -0.0438. The molecule has 1 amide bonds. The predicted molar refractivity (Wildman–Crippen MR) is 128 cm³/mol. The zero-order valence-corrected chi connectivity index (χ0v) is 20.3. The summed E-state index contributed by atoms with van der Waals surface area (Å²) in [5.74, 6) is -0.0438. The van der Waals surface area contributed by atoms with E-state index in [-0.39, 0.29) is 24.4 Å². The van der Waals surface area contributed by atoms with Gasteiger partial charge in [0.15, 0.2) is 5.13 Å². The molecule has 0 atom stereocenters. The molecule has 6 nitrogen and oxygen atoms in total. The Hall–Kier alpha value is -1.96. The van der Waals surface area contributed by atoms with Crippen LogP contribution in [-0.2, 0) is 0 Å². The number of benzene rings is 1. The molecule has 3 rings (SSSR count). The lowest BCUT2D eigenvalue weighted by Crippen LogP contribution is -2.39. The second-order valence-corrected chi connectivity index (χ2v) is 8.59. The lowest BCUT2D eigenvalue weighted by Gasteiger charge is -2.25. The molecule has 0 fully saturated rings. The Balaban J connectivity index is 0.00000320. The number of carbonyl (C=O) groups is 1. The molecule has 164 valence electrons. The van der Waals surface area contributed by atoms with Crippen LogP contribution < -0.4 is 4.90 Å². The fourth-order valence-electron chi connectivity index (χ4n) is 3.46. The standard InChI is InChI=1S/C22H31N5OS.ClH/c1-7-25(8-2)13-14-26(21(28)18-11-12-23-27(18)15(3)4)22-24-19-16(5)9-10-17(6)20(19)29-22;/h9-12,15H,7-8,13-14H2,1-6H3;1H. The molecule has 30 heavy (non-hydrogen) atoms. The third kappa shape index (κ3) is 4.85. The van der Waals surface area contributed by atoms with E-state index in [1.165, 1.54) is 5.56 Å². The van der Waals surface area contributed by atoms with Gasteiger partial charge in [-0.1, -0.05) is 37.3 Å². The van der Waals surface area contributed by atoms with Crippen LogP contribution in [0.2, 0.25) is 0 Å². The molecule has 2 heterocycles.